The van der Waals surface area contributed by atoms with Crippen molar-refractivity contribution in [3.8, 4) is 0 Å². The Kier molecular flexibility index (Phi) is 3.20. The molecule has 0 aliphatic carbocycles. The molecule has 0 amide bonds. The minimum atomic E-state index is -0.450. The molecule has 3 aromatic rings. The molecule has 1 atom stereocenters. The summed E-state index contributed by atoms with van der Waals surface area (Å²) in [4.78, 5) is 33.6. The van der Waals surface area contributed by atoms with Crippen molar-refractivity contribution in [2.24, 2.45) is 0 Å². The molecule has 0 saturated heterocycles. The first-order valence-corrected chi connectivity index (χ1v) is 6.83. The summed E-state index contributed by atoms with van der Waals surface area (Å²) in [6, 6.07) is 1.66. The maximum absolute atomic E-state index is 11.9. The Balaban J connectivity index is 2.20. The second-order valence-electron chi connectivity index (χ2n) is 4.89. The average molecular weight is 288 g/mol. The Morgan fingerprint density at radius 2 is 2.14 bits per heavy atom. The molecular formula is C13H16N6O2. The second-order valence-corrected chi connectivity index (χ2v) is 4.89. The van der Waals surface area contributed by atoms with Crippen molar-refractivity contribution < 1.29 is 0 Å². The van der Waals surface area contributed by atoms with Gasteiger partial charge in [-0.15, -0.1) is 0 Å². The van der Waals surface area contributed by atoms with E-state index in [1.807, 2.05) is 26.1 Å². The number of hydrogen-bond donors (Lipinski definition) is 2. The molecule has 3 heterocycles. The van der Waals surface area contributed by atoms with Crippen LogP contribution in [0.2, 0.25) is 0 Å². The molecule has 3 rings (SSSR count). The molecule has 0 aliphatic rings. The van der Waals surface area contributed by atoms with Crippen LogP contribution >= 0.6 is 0 Å². The molecule has 3 aromatic heterocycles. The smallest absolute Gasteiger partial charge is 0.330 e. The molecule has 21 heavy (non-hydrogen) atoms. The Labute approximate surface area is 119 Å². The third-order valence-electron chi connectivity index (χ3n) is 3.42. The number of hydrogen-bond acceptors (Lipinski definition) is 4. The lowest BCUT2D eigenvalue weighted by molar-refractivity contribution is 0.541. The van der Waals surface area contributed by atoms with Gasteiger partial charge in [-0.2, -0.15) is 5.10 Å². The lowest BCUT2D eigenvalue weighted by Crippen LogP contribution is -2.30. The van der Waals surface area contributed by atoms with Crippen molar-refractivity contribution in [2.45, 2.75) is 32.9 Å². The lowest BCUT2D eigenvalue weighted by Gasteiger charge is -2.08. The van der Waals surface area contributed by atoms with Crippen LogP contribution in [-0.4, -0.2) is 29.3 Å². The molecule has 0 fully saturated rings. The van der Waals surface area contributed by atoms with Gasteiger partial charge in [0, 0.05) is 18.9 Å². The monoisotopic (exact) mass is 288 g/mol. The topological polar surface area (TPSA) is 101 Å². The van der Waals surface area contributed by atoms with Crippen LogP contribution in [0.4, 0.5) is 0 Å². The molecule has 0 radical (unpaired) electrons. The molecule has 1 unspecified atom stereocenters. The molecule has 110 valence electrons. The van der Waals surface area contributed by atoms with Gasteiger partial charge in [0.15, 0.2) is 5.65 Å². The zero-order valence-electron chi connectivity index (χ0n) is 11.8. The largest absolute Gasteiger partial charge is 0.334 e. The Bertz CT molecular complexity index is 870. The Morgan fingerprint density at radius 3 is 2.81 bits per heavy atom. The van der Waals surface area contributed by atoms with E-state index in [-0.39, 0.29) is 6.04 Å². The molecule has 0 aliphatic heterocycles. The Hall–Kier alpha value is -2.64. The van der Waals surface area contributed by atoms with E-state index in [0.717, 1.165) is 6.42 Å². The SMILES string of the molecule is CCCn1c(=O)[nH]c(=O)c2[nH]c(C(C)n3cccn3)nc21. The van der Waals surface area contributed by atoms with Crippen LogP contribution in [0.1, 0.15) is 32.1 Å². The highest BCUT2D eigenvalue weighted by Crippen LogP contribution is 2.15. The van der Waals surface area contributed by atoms with Crippen molar-refractivity contribution >= 4 is 11.2 Å². The van der Waals surface area contributed by atoms with Gasteiger partial charge in [-0.25, -0.2) is 9.78 Å². The summed E-state index contributed by atoms with van der Waals surface area (Å²) in [6.45, 7) is 4.39. The number of H-pyrrole nitrogens is 2. The van der Waals surface area contributed by atoms with Crippen LogP contribution < -0.4 is 11.2 Å². The van der Waals surface area contributed by atoms with Gasteiger partial charge in [-0.1, -0.05) is 6.92 Å². The van der Waals surface area contributed by atoms with Crippen LogP contribution in [0, 0.1) is 0 Å². The van der Waals surface area contributed by atoms with Gasteiger partial charge in [-0.3, -0.25) is 19.0 Å². The predicted octanol–water partition coefficient (Wildman–Crippen LogP) is 0.629. The van der Waals surface area contributed by atoms with Gasteiger partial charge in [0.2, 0.25) is 0 Å². The van der Waals surface area contributed by atoms with Crippen molar-refractivity contribution in [1.82, 2.24) is 29.3 Å². The van der Waals surface area contributed by atoms with E-state index in [9.17, 15) is 9.59 Å². The number of rotatable bonds is 4. The van der Waals surface area contributed by atoms with E-state index in [0.29, 0.717) is 23.5 Å². The van der Waals surface area contributed by atoms with Gasteiger partial charge in [0.05, 0.1) is 0 Å². The maximum Gasteiger partial charge on any atom is 0.330 e. The van der Waals surface area contributed by atoms with Crippen LogP contribution in [0.15, 0.2) is 28.0 Å². The normalized spacial score (nSPS) is 12.9. The number of aromatic nitrogens is 6. The average Bonchev–Trinajstić information content (AvgIpc) is 3.11. The number of nitrogens with one attached hydrogen (secondary N) is 2. The first kappa shape index (κ1) is 13.3. The maximum atomic E-state index is 11.9. The second kappa shape index (κ2) is 5.04. The van der Waals surface area contributed by atoms with E-state index in [4.69, 9.17) is 0 Å². The molecule has 0 spiro atoms. The number of aromatic amines is 2. The fraction of sp³-hybridized carbons (Fsp3) is 0.385. The molecular weight excluding hydrogens is 272 g/mol. The van der Waals surface area contributed by atoms with E-state index in [1.54, 1.807) is 10.9 Å². The van der Waals surface area contributed by atoms with E-state index >= 15 is 0 Å². The third-order valence-corrected chi connectivity index (χ3v) is 3.42. The zero-order chi connectivity index (χ0) is 15.0. The van der Waals surface area contributed by atoms with Crippen molar-refractivity contribution in [3.63, 3.8) is 0 Å². The quantitative estimate of drug-likeness (QED) is 0.735. The summed E-state index contributed by atoms with van der Waals surface area (Å²) in [6.07, 6.45) is 4.28. The number of imidazole rings is 1. The number of aryl methyl sites for hydroxylation is 1. The number of nitrogens with zero attached hydrogens (tertiary/aromatic N) is 4. The Morgan fingerprint density at radius 1 is 1.33 bits per heavy atom. The van der Waals surface area contributed by atoms with Gasteiger partial charge >= 0.3 is 5.69 Å². The zero-order valence-corrected chi connectivity index (χ0v) is 11.8. The lowest BCUT2D eigenvalue weighted by atomic mass is 10.3. The summed E-state index contributed by atoms with van der Waals surface area (Å²) >= 11 is 0. The summed E-state index contributed by atoms with van der Waals surface area (Å²) in [5, 5.41) is 4.16. The van der Waals surface area contributed by atoms with Crippen LogP contribution in [0.25, 0.3) is 11.2 Å². The molecule has 0 saturated carbocycles. The molecule has 0 bridgehead atoms. The minimum Gasteiger partial charge on any atom is -0.334 e. The van der Waals surface area contributed by atoms with Gasteiger partial charge < -0.3 is 4.98 Å². The first-order valence-electron chi connectivity index (χ1n) is 6.83. The fourth-order valence-electron chi connectivity index (χ4n) is 2.32. The van der Waals surface area contributed by atoms with E-state index in [1.165, 1.54) is 4.57 Å². The summed E-state index contributed by atoms with van der Waals surface area (Å²) < 4.78 is 3.21. The van der Waals surface area contributed by atoms with Gasteiger partial charge in [-0.05, 0) is 19.4 Å². The molecule has 0 aromatic carbocycles. The predicted molar refractivity (Wildman–Crippen MR) is 77.3 cm³/mol. The van der Waals surface area contributed by atoms with Crippen molar-refractivity contribution in [3.05, 3.63) is 45.1 Å². The van der Waals surface area contributed by atoms with Gasteiger partial charge in [0.25, 0.3) is 5.56 Å². The summed E-state index contributed by atoms with van der Waals surface area (Å²) in [5.41, 5.74) is -0.176. The molecule has 8 nitrogen and oxygen atoms in total. The van der Waals surface area contributed by atoms with Gasteiger partial charge in [0.1, 0.15) is 17.4 Å². The molecule has 2 N–H and O–H groups in total. The summed E-state index contributed by atoms with van der Waals surface area (Å²) in [7, 11) is 0. The highest BCUT2D eigenvalue weighted by atomic mass is 16.2. The summed E-state index contributed by atoms with van der Waals surface area (Å²) in [5.74, 6) is 0.592. The third kappa shape index (κ3) is 2.18. The van der Waals surface area contributed by atoms with Crippen LogP contribution in [0.3, 0.4) is 0 Å². The number of fused-ring (bicyclic) bond motifs is 1. The van der Waals surface area contributed by atoms with Crippen LogP contribution in [0.5, 0.6) is 0 Å². The van der Waals surface area contributed by atoms with E-state index < -0.39 is 11.2 Å². The fourth-order valence-corrected chi connectivity index (χ4v) is 2.32. The van der Waals surface area contributed by atoms with Crippen LogP contribution in [-0.2, 0) is 6.54 Å². The van der Waals surface area contributed by atoms with E-state index in [2.05, 4.69) is 20.1 Å². The highest BCUT2D eigenvalue weighted by molar-refractivity contribution is 5.69. The molecule has 8 heteroatoms. The highest BCUT2D eigenvalue weighted by Gasteiger charge is 2.17. The first-order chi connectivity index (χ1) is 10.1. The standard InChI is InChI=1S/C13H16N6O2/c1-3-6-18-11-9(12(20)17-13(18)21)15-10(16-11)8(2)19-7-4-5-14-19/h4-5,7-8H,3,6H2,1-2H3,(H,15,16)(H,17,20,21). The minimum absolute atomic E-state index is 0.156. The van der Waals surface area contributed by atoms with Crippen molar-refractivity contribution in [1.29, 1.82) is 0 Å². The van der Waals surface area contributed by atoms with Crippen molar-refractivity contribution in [2.75, 3.05) is 0 Å².